The fourth-order valence-corrected chi connectivity index (χ4v) is 3.67. The van der Waals surface area contributed by atoms with E-state index in [0.717, 1.165) is 19.3 Å². The van der Waals surface area contributed by atoms with Gasteiger partial charge in [0.2, 0.25) is 5.78 Å². The van der Waals surface area contributed by atoms with Crippen molar-refractivity contribution in [3.8, 4) is 0 Å². The summed E-state index contributed by atoms with van der Waals surface area (Å²) in [4.78, 5) is 36.4. The van der Waals surface area contributed by atoms with Gasteiger partial charge in [0.05, 0.1) is 12.5 Å². The van der Waals surface area contributed by atoms with E-state index in [-0.39, 0.29) is 12.2 Å². The summed E-state index contributed by atoms with van der Waals surface area (Å²) in [6, 6.07) is 10.9. The SMILES string of the molecule is C[C@@H](OC(=O)C[C@@H](NC(N)=O)c1ccc(Cl)cc1)C(=O)c1ccc2c(c1)CCC2. The van der Waals surface area contributed by atoms with E-state index in [1.807, 2.05) is 12.1 Å². The molecule has 0 saturated heterocycles. The molecule has 2 aromatic carbocycles. The third-order valence-electron chi connectivity index (χ3n) is 5.02. The van der Waals surface area contributed by atoms with Gasteiger partial charge in [0.15, 0.2) is 6.10 Å². The number of ketones is 1. The number of rotatable bonds is 7. The summed E-state index contributed by atoms with van der Waals surface area (Å²) in [6.45, 7) is 1.55. The Morgan fingerprint density at radius 1 is 1.10 bits per heavy atom. The number of carbonyl (C=O) groups excluding carboxylic acids is 3. The smallest absolute Gasteiger partial charge is 0.312 e. The molecule has 152 valence electrons. The zero-order valence-corrected chi connectivity index (χ0v) is 16.9. The summed E-state index contributed by atoms with van der Waals surface area (Å²) in [5.74, 6) is -0.861. The molecule has 0 unspecified atom stereocenters. The minimum Gasteiger partial charge on any atom is -0.454 e. The number of hydrogen-bond donors (Lipinski definition) is 2. The quantitative estimate of drug-likeness (QED) is 0.532. The number of ether oxygens (including phenoxy) is 1. The third-order valence-corrected chi connectivity index (χ3v) is 5.27. The second-order valence-corrected chi connectivity index (χ2v) is 7.59. The van der Waals surface area contributed by atoms with Crippen LogP contribution in [0.5, 0.6) is 0 Å². The summed E-state index contributed by atoms with van der Waals surface area (Å²) in [7, 11) is 0. The van der Waals surface area contributed by atoms with Gasteiger partial charge in [-0.25, -0.2) is 4.79 Å². The summed E-state index contributed by atoms with van der Waals surface area (Å²) in [5.41, 5.74) is 8.87. The zero-order chi connectivity index (χ0) is 21.0. The number of benzene rings is 2. The van der Waals surface area contributed by atoms with Gasteiger partial charge in [-0.2, -0.15) is 0 Å². The van der Waals surface area contributed by atoms with Crippen molar-refractivity contribution in [3.63, 3.8) is 0 Å². The molecule has 0 saturated carbocycles. The molecule has 1 aliphatic rings. The van der Waals surface area contributed by atoms with Crippen LogP contribution in [0.4, 0.5) is 4.79 Å². The van der Waals surface area contributed by atoms with Crippen molar-refractivity contribution in [2.45, 2.75) is 44.8 Å². The van der Waals surface area contributed by atoms with Crippen molar-refractivity contribution < 1.29 is 19.1 Å². The van der Waals surface area contributed by atoms with E-state index in [1.54, 1.807) is 37.3 Å². The van der Waals surface area contributed by atoms with E-state index in [4.69, 9.17) is 22.1 Å². The number of Topliss-reactive ketones (excluding diaryl/α,β-unsaturated/α-hetero) is 1. The first kappa shape index (κ1) is 20.9. The van der Waals surface area contributed by atoms with Crippen LogP contribution >= 0.6 is 11.6 Å². The average molecular weight is 415 g/mol. The molecule has 0 heterocycles. The van der Waals surface area contributed by atoms with Gasteiger partial charge in [-0.05, 0) is 61.1 Å². The summed E-state index contributed by atoms with van der Waals surface area (Å²) < 4.78 is 5.34. The Balaban J connectivity index is 1.64. The first-order valence-electron chi connectivity index (χ1n) is 9.50. The predicted octanol–water partition coefficient (Wildman–Crippen LogP) is 3.74. The number of carbonyl (C=O) groups is 3. The Kier molecular flexibility index (Phi) is 6.54. The molecule has 2 amide bonds. The van der Waals surface area contributed by atoms with Gasteiger partial charge in [-0.15, -0.1) is 0 Å². The number of amides is 2. The number of nitrogens with one attached hydrogen (secondary N) is 1. The Hall–Kier alpha value is -2.86. The molecule has 0 spiro atoms. The summed E-state index contributed by atoms with van der Waals surface area (Å²) >= 11 is 5.88. The molecule has 0 radical (unpaired) electrons. The molecule has 2 atom stereocenters. The highest BCUT2D eigenvalue weighted by molar-refractivity contribution is 6.30. The zero-order valence-electron chi connectivity index (χ0n) is 16.1. The first-order valence-corrected chi connectivity index (χ1v) is 9.88. The number of primary amides is 1. The van der Waals surface area contributed by atoms with Crippen LogP contribution in [0, 0.1) is 0 Å². The second-order valence-electron chi connectivity index (χ2n) is 7.15. The lowest BCUT2D eigenvalue weighted by Gasteiger charge is -2.19. The minimum atomic E-state index is -0.929. The van der Waals surface area contributed by atoms with Gasteiger partial charge in [-0.3, -0.25) is 9.59 Å². The maximum atomic E-state index is 12.7. The van der Waals surface area contributed by atoms with Crippen LogP contribution in [0.25, 0.3) is 0 Å². The largest absolute Gasteiger partial charge is 0.454 e. The van der Waals surface area contributed by atoms with Crippen LogP contribution < -0.4 is 11.1 Å². The van der Waals surface area contributed by atoms with E-state index in [9.17, 15) is 14.4 Å². The number of hydrogen-bond acceptors (Lipinski definition) is 4. The van der Waals surface area contributed by atoms with E-state index < -0.39 is 24.1 Å². The summed E-state index contributed by atoms with van der Waals surface area (Å²) in [6.07, 6.45) is 2.00. The van der Waals surface area contributed by atoms with Crippen molar-refractivity contribution in [1.29, 1.82) is 0 Å². The van der Waals surface area contributed by atoms with Crippen LogP contribution in [0.2, 0.25) is 5.02 Å². The van der Waals surface area contributed by atoms with Crippen LogP contribution in [0.15, 0.2) is 42.5 Å². The molecule has 6 nitrogen and oxygen atoms in total. The number of esters is 1. The average Bonchev–Trinajstić information content (AvgIpc) is 3.14. The molecule has 3 rings (SSSR count). The molecule has 0 bridgehead atoms. The van der Waals surface area contributed by atoms with Gasteiger partial charge in [0.1, 0.15) is 0 Å². The minimum absolute atomic E-state index is 0.160. The van der Waals surface area contributed by atoms with Crippen molar-refractivity contribution in [2.75, 3.05) is 0 Å². The van der Waals surface area contributed by atoms with Crippen molar-refractivity contribution in [2.24, 2.45) is 5.73 Å². The molecule has 29 heavy (non-hydrogen) atoms. The van der Waals surface area contributed by atoms with Crippen LogP contribution in [-0.4, -0.2) is 23.9 Å². The van der Waals surface area contributed by atoms with Crippen LogP contribution in [-0.2, 0) is 22.4 Å². The fraction of sp³-hybridized carbons (Fsp3) is 0.318. The molecule has 0 fully saturated rings. The molecule has 3 N–H and O–H groups in total. The number of urea groups is 1. The Labute approximate surface area is 174 Å². The van der Waals surface area contributed by atoms with Gasteiger partial charge in [-0.1, -0.05) is 35.9 Å². The molecule has 1 aliphatic carbocycles. The molecule has 2 aromatic rings. The molecular formula is C22H23ClN2O4. The molecular weight excluding hydrogens is 392 g/mol. The first-order chi connectivity index (χ1) is 13.8. The maximum Gasteiger partial charge on any atom is 0.312 e. The second kappa shape index (κ2) is 9.09. The van der Waals surface area contributed by atoms with Gasteiger partial charge in [0, 0.05) is 10.6 Å². The lowest BCUT2D eigenvalue weighted by atomic mass is 10.0. The Morgan fingerprint density at radius 2 is 1.79 bits per heavy atom. The third kappa shape index (κ3) is 5.35. The van der Waals surface area contributed by atoms with Crippen LogP contribution in [0.3, 0.4) is 0 Å². The topological polar surface area (TPSA) is 98.5 Å². The number of halogens is 1. The van der Waals surface area contributed by atoms with E-state index in [0.29, 0.717) is 16.1 Å². The lowest BCUT2D eigenvalue weighted by molar-refractivity contribution is -0.146. The molecule has 0 aliphatic heterocycles. The monoisotopic (exact) mass is 414 g/mol. The standard InChI is InChI=1S/C22H23ClN2O4/c1-13(21(27)17-6-5-14-3-2-4-16(14)11-17)29-20(26)12-19(25-22(24)28)15-7-9-18(23)10-8-15/h5-11,13,19H,2-4,12H2,1H3,(H3,24,25,28)/t13-,19-/m1/s1. The van der Waals surface area contributed by atoms with Gasteiger partial charge in [0.25, 0.3) is 0 Å². The molecule has 0 aromatic heterocycles. The highest BCUT2D eigenvalue weighted by Gasteiger charge is 2.24. The lowest BCUT2D eigenvalue weighted by Crippen LogP contribution is -2.35. The van der Waals surface area contributed by atoms with Gasteiger partial charge < -0.3 is 15.8 Å². The number of nitrogens with two attached hydrogens (primary N) is 1. The van der Waals surface area contributed by atoms with Crippen molar-refractivity contribution >= 4 is 29.4 Å². The van der Waals surface area contributed by atoms with Gasteiger partial charge >= 0.3 is 12.0 Å². The Morgan fingerprint density at radius 3 is 2.48 bits per heavy atom. The van der Waals surface area contributed by atoms with Crippen molar-refractivity contribution in [1.82, 2.24) is 5.32 Å². The van der Waals surface area contributed by atoms with E-state index in [1.165, 1.54) is 11.1 Å². The maximum absolute atomic E-state index is 12.7. The van der Waals surface area contributed by atoms with E-state index in [2.05, 4.69) is 5.32 Å². The molecule has 7 heteroatoms. The fourth-order valence-electron chi connectivity index (χ4n) is 3.54. The summed E-state index contributed by atoms with van der Waals surface area (Å²) in [5, 5.41) is 3.05. The van der Waals surface area contributed by atoms with Crippen molar-refractivity contribution in [3.05, 3.63) is 69.7 Å². The normalized spacial score (nSPS) is 14.6. The Bertz CT molecular complexity index is 927. The predicted molar refractivity (Wildman–Crippen MR) is 110 cm³/mol. The van der Waals surface area contributed by atoms with E-state index >= 15 is 0 Å². The number of aryl methyl sites for hydroxylation is 2. The van der Waals surface area contributed by atoms with Crippen LogP contribution in [0.1, 0.15) is 52.9 Å². The highest BCUT2D eigenvalue weighted by Crippen LogP contribution is 2.24. The number of fused-ring (bicyclic) bond motifs is 1. The highest BCUT2D eigenvalue weighted by atomic mass is 35.5.